The Morgan fingerprint density at radius 2 is 2.06 bits per heavy atom. The summed E-state index contributed by atoms with van der Waals surface area (Å²) in [6, 6.07) is -0.141. The summed E-state index contributed by atoms with van der Waals surface area (Å²) in [5.74, 6) is 0. The van der Waals surface area contributed by atoms with E-state index in [-0.39, 0.29) is 6.04 Å². The average Bonchev–Trinajstić information content (AvgIpc) is 1.94. The van der Waals surface area contributed by atoms with Crippen molar-refractivity contribution in [3.8, 4) is 0 Å². The molecule has 1 N–H and O–H groups in total. The van der Waals surface area contributed by atoms with Crippen LogP contribution in [-0.4, -0.2) is 49.8 Å². The average molecular weight is 264 g/mol. The molecule has 1 fully saturated rings. The van der Waals surface area contributed by atoms with Gasteiger partial charge in [-0.3, -0.25) is 0 Å². The van der Waals surface area contributed by atoms with Crippen LogP contribution >= 0.6 is 0 Å². The predicted molar refractivity (Wildman–Crippen MR) is 64.2 cm³/mol. The largest absolute Gasteiger partial charge is 0.444 e. The zero-order valence-corrected chi connectivity index (χ0v) is 11.5. The van der Waals surface area contributed by atoms with E-state index in [1.54, 1.807) is 20.8 Å². The minimum Gasteiger partial charge on any atom is -0.444 e. The van der Waals surface area contributed by atoms with Gasteiger partial charge in [-0.2, -0.15) is 4.31 Å². The number of hydrogen-bond donors (Lipinski definition) is 1. The van der Waals surface area contributed by atoms with Crippen LogP contribution in [0.3, 0.4) is 0 Å². The second-order valence-electron chi connectivity index (χ2n) is 5.20. The molecule has 1 amide bonds. The topological polar surface area (TPSA) is 75.7 Å². The monoisotopic (exact) mass is 264 g/mol. The van der Waals surface area contributed by atoms with Crippen LogP contribution in [0.4, 0.5) is 4.79 Å². The summed E-state index contributed by atoms with van der Waals surface area (Å²) >= 11 is 0. The van der Waals surface area contributed by atoms with Gasteiger partial charge in [-0.15, -0.1) is 0 Å². The Kier molecular flexibility index (Phi) is 4.03. The lowest BCUT2D eigenvalue weighted by Gasteiger charge is -2.38. The first-order valence-corrected chi connectivity index (χ1v) is 7.38. The summed E-state index contributed by atoms with van der Waals surface area (Å²) in [6.07, 6.45) is 1.42. The summed E-state index contributed by atoms with van der Waals surface area (Å²) in [4.78, 5) is 11.4. The van der Waals surface area contributed by atoms with E-state index in [2.05, 4.69) is 5.32 Å². The zero-order chi connectivity index (χ0) is 13.3. The maximum atomic E-state index is 11.4. The Balaban J connectivity index is 2.35. The molecule has 1 unspecified atom stereocenters. The van der Waals surface area contributed by atoms with E-state index >= 15 is 0 Å². The summed E-state index contributed by atoms with van der Waals surface area (Å²) in [7, 11) is -3.16. The van der Waals surface area contributed by atoms with Crippen LogP contribution in [-0.2, 0) is 14.8 Å². The highest BCUT2D eigenvalue weighted by atomic mass is 32.2. The van der Waals surface area contributed by atoms with Crippen molar-refractivity contribution in [1.82, 2.24) is 9.62 Å². The summed E-state index contributed by atoms with van der Waals surface area (Å²) in [5.41, 5.74) is -0.541. The van der Waals surface area contributed by atoms with Crippen molar-refractivity contribution in [2.24, 2.45) is 0 Å². The highest BCUT2D eigenvalue weighted by Crippen LogP contribution is 2.20. The first-order chi connectivity index (χ1) is 7.59. The predicted octanol–water partition coefficient (Wildman–Crippen LogP) is 0.545. The van der Waals surface area contributed by atoms with Crippen molar-refractivity contribution < 1.29 is 17.9 Å². The van der Waals surface area contributed by atoms with Crippen LogP contribution in [0.2, 0.25) is 0 Å². The number of hydrogen-bond acceptors (Lipinski definition) is 4. The summed E-state index contributed by atoms with van der Waals surface area (Å²) < 4.78 is 29.0. The third-order valence-corrected chi connectivity index (χ3v) is 3.73. The summed E-state index contributed by atoms with van der Waals surface area (Å²) in [6.45, 7) is 6.15. The number of ether oxygens (including phenoxy) is 1. The van der Waals surface area contributed by atoms with Gasteiger partial charge in [-0.1, -0.05) is 0 Å². The van der Waals surface area contributed by atoms with E-state index in [0.717, 1.165) is 6.42 Å². The molecule has 0 saturated carbocycles. The molecule has 6 nitrogen and oxygen atoms in total. The van der Waals surface area contributed by atoms with Gasteiger partial charge < -0.3 is 10.1 Å². The number of nitrogens with one attached hydrogen (secondary N) is 1. The molecule has 0 aliphatic carbocycles. The maximum Gasteiger partial charge on any atom is 0.407 e. The van der Waals surface area contributed by atoms with Crippen molar-refractivity contribution in [3.63, 3.8) is 0 Å². The van der Waals surface area contributed by atoms with Crippen LogP contribution in [0.1, 0.15) is 27.2 Å². The van der Waals surface area contributed by atoms with Crippen molar-refractivity contribution in [2.45, 2.75) is 38.8 Å². The first-order valence-electron chi connectivity index (χ1n) is 5.53. The van der Waals surface area contributed by atoms with Crippen molar-refractivity contribution in [1.29, 1.82) is 0 Å². The normalized spacial score (nSPS) is 21.8. The molecular formula is C10H20N2O4S. The molecule has 0 aromatic rings. The molecule has 0 spiro atoms. The van der Waals surface area contributed by atoms with E-state index in [1.807, 2.05) is 0 Å². The lowest BCUT2D eigenvalue weighted by Crippen LogP contribution is -2.55. The smallest absolute Gasteiger partial charge is 0.407 e. The molecular weight excluding hydrogens is 244 g/mol. The third kappa shape index (κ3) is 4.51. The fraction of sp³-hybridized carbons (Fsp3) is 0.900. The number of carbonyl (C=O) groups is 1. The molecule has 1 atom stereocenters. The van der Waals surface area contributed by atoms with Gasteiger partial charge in [-0.05, 0) is 27.2 Å². The molecule has 1 aliphatic rings. The molecule has 17 heavy (non-hydrogen) atoms. The van der Waals surface area contributed by atoms with E-state index in [9.17, 15) is 13.2 Å². The Bertz CT molecular complexity index is 386. The van der Waals surface area contributed by atoms with Gasteiger partial charge in [0.05, 0.1) is 6.26 Å². The number of carbonyl (C=O) groups excluding carboxylic acids is 1. The lowest BCUT2D eigenvalue weighted by molar-refractivity contribution is 0.0501. The van der Waals surface area contributed by atoms with E-state index in [1.165, 1.54) is 10.6 Å². The fourth-order valence-electron chi connectivity index (χ4n) is 1.57. The molecule has 1 rings (SSSR count). The highest BCUT2D eigenvalue weighted by molar-refractivity contribution is 7.88. The molecule has 1 aliphatic heterocycles. The minimum atomic E-state index is -3.16. The standard InChI is InChI=1S/C10H20N2O4S/c1-10(2,3)16-9(13)11-7-8-5-6-12(8)17(4,14)15/h8H,5-7H2,1-4H3,(H,11,13). The number of sulfonamides is 1. The maximum absolute atomic E-state index is 11.4. The third-order valence-electron chi connectivity index (χ3n) is 2.40. The minimum absolute atomic E-state index is 0.141. The first kappa shape index (κ1) is 14.2. The lowest BCUT2D eigenvalue weighted by atomic mass is 10.1. The Labute approximate surface area is 102 Å². The van der Waals surface area contributed by atoms with Crippen LogP contribution in [0.15, 0.2) is 0 Å². The van der Waals surface area contributed by atoms with E-state index < -0.39 is 21.7 Å². The quantitative estimate of drug-likeness (QED) is 0.807. The van der Waals surface area contributed by atoms with Gasteiger partial charge >= 0.3 is 6.09 Å². The van der Waals surface area contributed by atoms with Gasteiger partial charge in [0.25, 0.3) is 0 Å². The van der Waals surface area contributed by atoms with Crippen LogP contribution in [0.25, 0.3) is 0 Å². The van der Waals surface area contributed by atoms with Crippen LogP contribution < -0.4 is 5.32 Å². The molecule has 0 radical (unpaired) electrons. The van der Waals surface area contributed by atoms with Crippen molar-refractivity contribution >= 4 is 16.1 Å². The fourth-order valence-corrected chi connectivity index (χ4v) is 2.73. The number of rotatable bonds is 3. The van der Waals surface area contributed by atoms with Crippen LogP contribution in [0.5, 0.6) is 0 Å². The van der Waals surface area contributed by atoms with E-state index in [0.29, 0.717) is 13.1 Å². The molecule has 7 heteroatoms. The molecule has 0 aromatic carbocycles. The molecule has 100 valence electrons. The second-order valence-corrected chi connectivity index (χ2v) is 7.13. The van der Waals surface area contributed by atoms with Crippen molar-refractivity contribution in [3.05, 3.63) is 0 Å². The highest BCUT2D eigenvalue weighted by Gasteiger charge is 2.35. The van der Waals surface area contributed by atoms with Gasteiger partial charge in [-0.25, -0.2) is 13.2 Å². The Morgan fingerprint density at radius 1 is 1.47 bits per heavy atom. The van der Waals surface area contributed by atoms with Crippen molar-refractivity contribution in [2.75, 3.05) is 19.3 Å². The SMILES string of the molecule is CC(C)(C)OC(=O)NCC1CCN1S(C)(=O)=O. The van der Waals surface area contributed by atoms with E-state index in [4.69, 9.17) is 4.74 Å². The van der Waals surface area contributed by atoms with Gasteiger partial charge in [0.15, 0.2) is 0 Å². The number of nitrogens with zero attached hydrogens (tertiary/aromatic N) is 1. The summed E-state index contributed by atoms with van der Waals surface area (Å²) in [5, 5.41) is 2.58. The van der Waals surface area contributed by atoms with Gasteiger partial charge in [0.2, 0.25) is 10.0 Å². The molecule has 0 aromatic heterocycles. The molecule has 0 bridgehead atoms. The van der Waals surface area contributed by atoms with Gasteiger partial charge in [0.1, 0.15) is 5.60 Å². The Morgan fingerprint density at radius 3 is 2.41 bits per heavy atom. The second kappa shape index (κ2) is 4.81. The zero-order valence-electron chi connectivity index (χ0n) is 10.7. The molecule has 1 saturated heterocycles. The Hall–Kier alpha value is -0.820. The number of amides is 1. The van der Waals surface area contributed by atoms with Gasteiger partial charge in [0, 0.05) is 19.1 Å². The van der Waals surface area contributed by atoms with Crippen LogP contribution in [0, 0.1) is 0 Å². The molecule has 1 heterocycles. The number of alkyl carbamates (subject to hydrolysis) is 1.